The summed E-state index contributed by atoms with van der Waals surface area (Å²) in [6.07, 6.45) is 6.62. The zero-order chi connectivity index (χ0) is 8.65. The van der Waals surface area contributed by atoms with Crippen LogP contribution in [-0.4, -0.2) is 37.6 Å². The van der Waals surface area contributed by atoms with Crippen LogP contribution in [0.25, 0.3) is 0 Å². The molecule has 1 saturated heterocycles. The number of hydrogen-bond acceptors (Lipinski definition) is 2. The third kappa shape index (κ3) is 3.88. The molecule has 1 N–H and O–H groups in total. The Labute approximate surface area is 75.6 Å². The normalized spacial score (nSPS) is 20.4. The van der Waals surface area contributed by atoms with E-state index >= 15 is 0 Å². The molecule has 2 heteroatoms. The molecule has 2 nitrogen and oxygen atoms in total. The molecular weight excluding hydrogens is 148 g/mol. The summed E-state index contributed by atoms with van der Waals surface area (Å²) in [4.78, 5) is 2.47. The van der Waals surface area contributed by atoms with Gasteiger partial charge in [-0.05, 0) is 12.8 Å². The lowest BCUT2D eigenvalue weighted by Crippen LogP contribution is -2.43. The van der Waals surface area contributed by atoms with Gasteiger partial charge in [0.2, 0.25) is 0 Å². The van der Waals surface area contributed by atoms with Crippen molar-refractivity contribution in [2.24, 2.45) is 0 Å². The third-order valence-electron chi connectivity index (χ3n) is 2.11. The predicted molar refractivity (Wildman–Crippen MR) is 53.0 cm³/mol. The quantitative estimate of drug-likeness (QED) is 0.630. The number of allylic oxidation sites excluding steroid dienone is 1. The number of nitrogens with zero attached hydrogens (tertiary/aromatic N) is 1. The first-order chi connectivity index (χ1) is 5.93. The summed E-state index contributed by atoms with van der Waals surface area (Å²) in [6, 6.07) is 0. The molecule has 69 valence electrons. The highest BCUT2D eigenvalue weighted by atomic mass is 15.2. The van der Waals surface area contributed by atoms with Crippen molar-refractivity contribution in [3.05, 3.63) is 19.1 Å². The Kier molecular flexibility index (Phi) is 5.04. The summed E-state index contributed by atoms with van der Waals surface area (Å²) < 4.78 is 0. The molecule has 0 aromatic heterocycles. The van der Waals surface area contributed by atoms with Gasteiger partial charge in [-0.25, -0.2) is 0 Å². The van der Waals surface area contributed by atoms with Gasteiger partial charge in [-0.2, -0.15) is 0 Å². The van der Waals surface area contributed by atoms with Crippen molar-refractivity contribution in [3.8, 4) is 0 Å². The van der Waals surface area contributed by atoms with Crippen LogP contribution in [0.15, 0.2) is 12.2 Å². The van der Waals surface area contributed by atoms with Crippen molar-refractivity contribution >= 4 is 0 Å². The monoisotopic (exact) mass is 167 g/mol. The van der Waals surface area contributed by atoms with Gasteiger partial charge in [0, 0.05) is 32.7 Å². The first-order valence-corrected chi connectivity index (χ1v) is 4.81. The van der Waals surface area contributed by atoms with Crippen molar-refractivity contribution in [2.45, 2.75) is 12.8 Å². The summed E-state index contributed by atoms with van der Waals surface area (Å²) >= 11 is 0. The van der Waals surface area contributed by atoms with E-state index < -0.39 is 0 Å². The summed E-state index contributed by atoms with van der Waals surface area (Å²) in [6.45, 7) is 9.57. The minimum absolute atomic E-state index is 1.01. The van der Waals surface area contributed by atoms with Crippen LogP contribution in [0.1, 0.15) is 12.8 Å². The lowest BCUT2D eigenvalue weighted by molar-refractivity contribution is 0.264. The molecule has 0 aliphatic carbocycles. The zero-order valence-electron chi connectivity index (χ0n) is 7.76. The molecule has 0 amide bonds. The summed E-state index contributed by atoms with van der Waals surface area (Å²) in [5, 5.41) is 3.34. The number of hydrogen-bond donors (Lipinski definition) is 1. The predicted octanol–water partition coefficient (Wildman–Crippen LogP) is 1.06. The molecule has 1 heterocycles. The van der Waals surface area contributed by atoms with Crippen LogP contribution in [0.5, 0.6) is 0 Å². The molecule has 0 atom stereocenters. The van der Waals surface area contributed by atoms with Crippen LogP contribution in [0.2, 0.25) is 0 Å². The Morgan fingerprint density at radius 2 is 2.00 bits per heavy atom. The fourth-order valence-electron chi connectivity index (χ4n) is 1.35. The molecule has 12 heavy (non-hydrogen) atoms. The topological polar surface area (TPSA) is 15.3 Å². The maximum absolute atomic E-state index is 3.80. The van der Waals surface area contributed by atoms with E-state index in [0.717, 1.165) is 32.5 Å². The van der Waals surface area contributed by atoms with Crippen LogP contribution >= 0.6 is 0 Å². The third-order valence-corrected chi connectivity index (χ3v) is 2.11. The number of unbranched alkanes of at least 4 members (excludes halogenated alkanes) is 1. The van der Waals surface area contributed by atoms with E-state index in [0.29, 0.717) is 0 Å². The summed E-state index contributed by atoms with van der Waals surface area (Å²) in [5.74, 6) is 0. The summed E-state index contributed by atoms with van der Waals surface area (Å²) in [5.41, 5.74) is 0. The SMILES string of the molecule is [CH2]CCC=CCN1CCNCC1. The number of piperazine rings is 1. The van der Waals surface area contributed by atoms with Gasteiger partial charge in [-0.1, -0.05) is 19.1 Å². The molecule has 0 aromatic rings. The van der Waals surface area contributed by atoms with Crippen molar-refractivity contribution < 1.29 is 0 Å². The second-order valence-corrected chi connectivity index (χ2v) is 3.16. The van der Waals surface area contributed by atoms with Gasteiger partial charge >= 0.3 is 0 Å². The van der Waals surface area contributed by atoms with Gasteiger partial charge < -0.3 is 5.32 Å². The Balaban J connectivity index is 2.04. The smallest absolute Gasteiger partial charge is 0.0164 e. The first kappa shape index (κ1) is 9.75. The van der Waals surface area contributed by atoms with Crippen LogP contribution < -0.4 is 5.32 Å². The lowest BCUT2D eigenvalue weighted by atomic mass is 10.3. The van der Waals surface area contributed by atoms with Crippen LogP contribution in [0.4, 0.5) is 0 Å². The van der Waals surface area contributed by atoms with Crippen molar-refractivity contribution in [1.82, 2.24) is 10.2 Å². The average molecular weight is 167 g/mol. The fraction of sp³-hybridized carbons (Fsp3) is 0.700. The van der Waals surface area contributed by atoms with Crippen molar-refractivity contribution in [1.29, 1.82) is 0 Å². The molecule has 0 saturated carbocycles. The van der Waals surface area contributed by atoms with E-state index in [-0.39, 0.29) is 0 Å². The maximum Gasteiger partial charge on any atom is 0.0164 e. The van der Waals surface area contributed by atoms with Gasteiger partial charge in [-0.15, -0.1) is 0 Å². The standard InChI is InChI=1S/C10H19N2/c1-2-3-4-5-8-12-9-6-11-7-10-12/h4-5,11H,1-3,6-10H2. The molecule has 0 spiro atoms. The van der Waals surface area contributed by atoms with E-state index in [4.69, 9.17) is 0 Å². The Hall–Kier alpha value is -0.340. The van der Waals surface area contributed by atoms with E-state index in [2.05, 4.69) is 29.3 Å². The molecular formula is C10H19N2. The largest absolute Gasteiger partial charge is 0.314 e. The number of rotatable bonds is 4. The molecule has 1 fully saturated rings. The molecule has 0 unspecified atom stereocenters. The van der Waals surface area contributed by atoms with Gasteiger partial charge in [-0.3, -0.25) is 4.90 Å². The molecule has 0 bridgehead atoms. The van der Waals surface area contributed by atoms with Crippen LogP contribution in [0.3, 0.4) is 0 Å². The van der Waals surface area contributed by atoms with Crippen molar-refractivity contribution in [2.75, 3.05) is 32.7 Å². The van der Waals surface area contributed by atoms with E-state index in [1.165, 1.54) is 13.1 Å². The maximum atomic E-state index is 3.80. The van der Waals surface area contributed by atoms with Crippen LogP contribution in [0, 0.1) is 6.92 Å². The molecule has 1 aliphatic heterocycles. The molecule has 1 radical (unpaired) electrons. The molecule has 1 aliphatic rings. The van der Waals surface area contributed by atoms with Gasteiger partial charge in [0.1, 0.15) is 0 Å². The highest BCUT2D eigenvalue weighted by Gasteiger charge is 2.05. The molecule has 0 aromatic carbocycles. The van der Waals surface area contributed by atoms with E-state index in [1.54, 1.807) is 0 Å². The highest BCUT2D eigenvalue weighted by molar-refractivity contribution is 4.86. The highest BCUT2D eigenvalue weighted by Crippen LogP contribution is 1.93. The number of nitrogens with one attached hydrogen (secondary N) is 1. The first-order valence-electron chi connectivity index (χ1n) is 4.81. The van der Waals surface area contributed by atoms with Gasteiger partial charge in [0.25, 0.3) is 0 Å². The Bertz CT molecular complexity index is 126. The van der Waals surface area contributed by atoms with E-state index in [1.807, 2.05) is 0 Å². The molecule has 1 rings (SSSR count). The Morgan fingerprint density at radius 1 is 1.25 bits per heavy atom. The minimum atomic E-state index is 1.01. The van der Waals surface area contributed by atoms with Gasteiger partial charge in [0.15, 0.2) is 0 Å². The van der Waals surface area contributed by atoms with Gasteiger partial charge in [0.05, 0.1) is 0 Å². The second-order valence-electron chi connectivity index (χ2n) is 3.16. The lowest BCUT2D eigenvalue weighted by Gasteiger charge is -2.25. The summed E-state index contributed by atoms with van der Waals surface area (Å²) in [7, 11) is 0. The van der Waals surface area contributed by atoms with E-state index in [9.17, 15) is 0 Å². The minimum Gasteiger partial charge on any atom is -0.314 e. The second kappa shape index (κ2) is 6.21. The zero-order valence-corrected chi connectivity index (χ0v) is 7.76. The Morgan fingerprint density at radius 3 is 2.67 bits per heavy atom. The average Bonchev–Trinajstić information content (AvgIpc) is 2.14. The fourth-order valence-corrected chi connectivity index (χ4v) is 1.35. The van der Waals surface area contributed by atoms with Crippen LogP contribution in [-0.2, 0) is 0 Å². The van der Waals surface area contributed by atoms with Crippen molar-refractivity contribution in [3.63, 3.8) is 0 Å².